The summed E-state index contributed by atoms with van der Waals surface area (Å²) in [7, 11) is -3.66. The Bertz CT molecular complexity index is 965. The van der Waals surface area contributed by atoms with Gasteiger partial charge in [-0.15, -0.1) is 0 Å². The Morgan fingerprint density at radius 1 is 1.08 bits per heavy atom. The van der Waals surface area contributed by atoms with Crippen molar-refractivity contribution >= 4 is 27.3 Å². The standard InChI is InChI=1S/C20H22N2O3S/c1-2-14-5-3-7-17(11-14)21-26(24,25)18-12-15-6-4-10-22-19(23)9-8-16(13-18)20(15)22/h3,5,7,11-13,21H,2,4,6,8-10H2,1H3. The van der Waals surface area contributed by atoms with Crippen molar-refractivity contribution in [2.24, 2.45) is 0 Å². The molecule has 0 saturated carbocycles. The second-order valence-corrected chi connectivity index (χ2v) is 8.58. The van der Waals surface area contributed by atoms with Crippen LogP contribution in [-0.4, -0.2) is 20.9 Å². The molecule has 2 aliphatic heterocycles. The molecule has 0 spiro atoms. The third-order valence-corrected chi connectivity index (χ3v) is 6.51. The number of hydrogen-bond acceptors (Lipinski definition) is 3. The monoisotopic (exact) mass is 370 g/mol. The van der Waals surface area contributed by atoms with E-state index < -0.39 is 10.0 Å². The summed E-state index contributed by atoms with van der Waals surface area (Å²) in [4.78, 5) is 14.3. The summed E-state index contributed by atoms with van der Waals surface area (Å²) in [6.45, 7) is 2.77. The summed E-state index contributed by atoms with van der Waals surface area (Å²) in [6.07, 6.45) is 3.57. The summed E-state index contributed by atoms with van der Waals surface area (Å²) in [6, 6.07) is 10.9. The fourth-order valence-electron chi connectivity index (χ4n) is 3.85. The number of amides is 1. The number of nitrogens with zero attached hydrogens (tertiary/aromatic N) is 1. The molecular formula is C20H22N2O3S. The van der Waals surface area contributed by atoms with Gasteiger partial charge in [0.1, 0.15) is 0 Å². The molecule has 0 radical (unpaired) electrons. The Balaban J connectivity index is 1.72. The van der Waals surface area contributed by atoms with Crippen molar-refractivity contribution in [3.63, 3.8) is 0 Å². The zero-order valence-electron chi connectivity index (χ0n) is 14.8. The molecule has 0 atom stereocenters. The van der Waals surface area contributed by atoms with Crippen LogP contribution in [0.15, 0.2) is 41.3 Å². The van der Waals surface area contributed by atoms with E-state index in [1.807, 2.05) is 30.0 Å². The first-order chi connectivity index (χ1) is 12.5. The van der Waals surface area contributed by atoms with Crippen LogP contribution in [0.2, 0.25) is 0 Å². The number of benzene rings is 2. The Morgan fingerprint density at radius 3 is 2.62 bits per heavy atom. The number of hydrogen-bond donors (Lipinski definition) is 1. The Morgan fingerprint density at radius 2 is 1.85 bits per heavy atom. The normalized spacial score (nSPS) is 16.3. The fraction of sp³-hybridized carbons (Fsp3) is 0.350. The van der Waals surface area contributed by atoms with E-state index in [9.17, 15) is 13.2 Å². The van der Waals surface area contributed by atoms with E-state index in [-0.39, 0.29) is 10.8 Å². The van der Waals surface area contributed by atoms with Crippen LogP contribution in [0.25, 0.3) is 0 Å². The van der Waals surface area contributed by atoms with Crippen molar-refractivity contribution in [2.45, 2.75) is 43.9 Å². The number of nitrogens with one attached hydrogen (secondary N) is 1. The third kappa shape index (κ3) is 2.98. The molecule has 136 valence electrons. The van der Waals surface area contributed by atoms with Gasteiger partial charge >= 0.3 is 0 Å². The van der Waals surface area contributed by atoms with Gasteiger partial charge in [-0.25, -0.2) is 8.42 Å². The zero-order chi connectivity index (χ0) is 18.3. The fourth-order valence-corrected chi connectivity index (χ4v) is 5.00. The number of rotatable bonds is 4. The van der Waals surface area contributed by atoms with Crippen molar-refractivity contribution in [2.75, 3.05) is 16.2 Å². The van der Waals surface area contributed by atoms with Gasteiger partial charge in [-0.1, -0.05) is 19.1 Å². The quantitative estimate of drug-likeness (QED) is 0.898. The highest BCUT2D eigenvalue weighted by Gasteiger charge is 2.31. The summed E-state index contributed by atoms with van der Waals surface area (Å²) < 4.78 is 28.6. The molecule has 2 heterocycles. The first-order valence-corrected chi connectivity index (χ1v) is 10.5. The summed E-state index contributed by atoms with van der Waals surface area (Å²) in [5.41, 5.74) is 4.53. The Hall–Kier alpha value is -2.34. The average Bonchev–Trinajstić information content (AvgIpc) is 2.64. The molecule has 0 fully saturated rings. The minimum Gasteiger partial charge on any atom is -0.312 e. The maximum absolute atomic E-state index is 12.9. The molecule has 2 aliphatic rings. The van der Waals surface area contributed by atoms with Gasteiger partial charge in [0.2, 0.25) is 5.91 Å². The van der Waals surface area contributed by atoms with Crippen LogP contribution in [0.4, 0.5) is 11.4 Å². The van der Waals surface area contributed by atoms with Crippen LogP contribution >= 0.6 is 0 Å². The minimum absolute atomic E-state index is 0.142. The maximum atomic E-state index is 12.9. The van der Waals surface area contributed by atoms with E-state index in [0.717, 1.165) is 48.2 Å². The maximum Gasteiger partial charge on any atom is 0.261 e. The Labute approximate surface area is 154 Å². The van der Waals surface area contributed by atoms with Gasteiger partial charge in [0.05, 0.1) is 10.6 Å². The number of anilines is 2. The molecule has 0 aromatic heterocycles. The van der Waals surface area contributed by atoms with E-state index in [1.54, 1.807) is 18.2 Å². The third-order valence-electron chi connectivity index (χ3n) is 5.15. The van der Waals surface area contributed by atoms with Gasteiger partial charge in [-0.3, -0.25) is 9.52 Å². The Kier molecular flexibility index (Phi) is 4.23. The highest BCUT2D eigenvalue weighted by Crippen LogP contribution is 2.37. The minimum atomic E-state index is -3.66. The average molecular weight is 370 g/mol. The molecule has 6 heteroatoms. The molecule has 0 bridgehead atoms. The molecule has 5 nitrogen and oxygen atoms in total. The topological polar surface area (TPSA) is 66.5 Å². The first kappa shape index (κ1) is 17.1. The lowest BCUT2D eigenvalue weighted by atomic mass is 9.92. The van der Waals surface area contributed by atoms with Crippen LogP contribution in [0.5, 0.6) is 0 Å². The van der Waals surface area contributed by atoms with Crippen molar-refractivity contribution < 1.29 is 13.2 Å². The van der Waals surface area contributed by atoms with Gasteiger partial charge in [0, 0.05) is 18.7 Å². The van der Waals surface area contributed by atoms with Gasteiger partial charge in [0.15, 0.2) is 0 Å². The predicted molar refractivity (Wildman–Crippen MR) is 102 cm³/mol. The highest BCUT2D eigenvalue weighted by molar-refractivity contribution is 7.92. The van der Waals surface area contributed by atoms with Crippen LogP contribution in [0, 0.1) is 0 Å². The summed E-state index contributed by atoms with van der Waals surface area (Å²) in [5, 5.41) is 0. The SMILES string of the molecule is CCc1cccc(NS(=O)(=O)c2cc3c4c(c2)CCC(=O)N4CCC3)c1. The molecule has 4 rings (SSSR count). The molecule has 1 amide bonds. The van der Waals surface area contributed by atoms with E-state index >= 15 is 0 Å². The first-order valence-electron chi connectivity index (χ1n) is 9.06. The second kappa shape index (κ2) is 6.43. The highest BCUT2D eigenvalue weighted by atomic mass is 32.2. The molecule has 0 aliphatic carbocycles. The summed E-state index contributed by atoms with van der Waals surface area (Å²) >= 11 is 0. The zero-order valence-corrected chi connectivity index (χ0v) is 15.6. The molecule has 1 N–H and O–H groups in total. The predicted octanol–water partition coefficient (Wildman–Crippen LogP) is 3.28. The van der Waals surface area contributed by atoms with Crippen LogP contribution in [-0.2, 0) is 34.1 Å². The lowest BCUT2D eigenvalue weighted by Gasteiger charge is -2.35. The largest absolute Gasteiger partial charge is 0.312 e. The molecule has 0 unspecified atom stereocenters. The van der Waals surface area contributed by atoms with Crippen LogP contribution in [0.3, 0.4) is 0 Å². The molecule has 26 heavy (non-hydrogen) atoms. The molecular weight excluding hydrogens is 348 g/mol. The van der Waals surface area contributed by atoms with Gasteiger partial charge in [-0.2, -0.15) is 0 Å². The van der Waals surface area contributed by atoms with Gasteiger partial charge in [0.25, 0.3) is 10.0 Å². The second-order valence-electron chi connectivity index (χ2n) is 6.90. The lowest BCUT2D eigenvalue weighted by Crippen LogP contribution is -2.39. The summed E-state index contributed by atoms with van der Waals surface area (Å²) in [5.74, 6) is 0.142. The van der Waals surface area contributed by atoms with Gasteiger partial charge < -0.3 is 4.90 Å². The van der Waals surface area contributed by atoms with E-state index in [1.165, 1.54) is 0 Å². The van der Waals surface area contributed by atoms with Crippen molar-refractivity contribution in [1.29, 1.82) is 0 Å². The van der Waals surface area contributed by atoms with Crippen LogP contribution in [0.1, 0.15) is 36.5 Å². The number of carbonyl (C=O) groups excluding carboxylic acids is 1. The number of aryl methyl sites for hydroxylation is 3. The van der Waals surface area contributed by atoms with Crippen molar-refractivity contribution in [3.8, 4) is 0 Å². The molecule has 2 aromatic rings. The van der Waals surface area contributed by atoms with Crippen molar-refractivity contribution in [1.82, 2.24) is 0 Å². The lowest BCUT2D eigenvalue weighted by molar-refractivity contribution is -0.119. The number of carbonyl (C=O) groups is 1. The van der Waals surface area contributed by atoms with Crippen LogP contribution < -0.4 is 9.62 Å². The smallest absolute Gasteiger partial charge is 0.261 e. The van der Waals surface area contributed by atoms with Gasteiger partial charge in [-0.05, 0) is 66.6 Å². The van der Waals surface area contributed by atoms with E-state index in [2.05, 4.69) is 4.72 Å². The van der Waals surface area contributed by atoms with E-state index in [4.69, 9.17) is 0 Å². The number of sulfonamides is 1. The molecule has 0 saturated heterocycles. The molecule has 2 aromatic carbocycles. The van der Waals surface area contributed by atoms with E-state index in [0.29, 0.717) is 18.5 Å². The van der Waals surface area contributed by atoms with Crippen molar-refractivity contribution in [3.05, 3.63) is 53.1 Å².